The van der Waals surface area contributed by atoms with Crippen molar-refractivity contribution in [3.05, 3.63) is 54.4 Å². The number of hydrogen-bond donors (Lipinski definition) is 1. The van der Waals surface area contributed by atoms with E-state index in [0.29, 0.717) is 5.56 Å². The highest BCUT2D eigenvalue weighted by atomic mass is 19.4. The number of halogens is 3. The molecule has 0 bridgehead atoms. The van der Waals surface area contributed by atoms with E-state index in [1.54, 1.807) is 30.6 Å². The molecule has 6 heteroatoms. The summed E-state index contributed by atoms with van der Waals surface area (Å²) in [5.41, 5.74) is 5.49. The molecule has 0 saturated carbocycles. The molecule has 3 nitrogen and oxygen atoms in total. The van der Waals surface area contributed by atoms with Gasteiger partial charge >= 0.3 is 6.18 Å². The second-order valence-electron chi connectivity index (χ2n) is 4.57. The van der Waals surface area contributed by atoms with E-state index in [0.717, 1.165) is 22.9 Å². The van der Waals surface area contributed by atoms with Crippen molar-refractivity contribution in [3.63, 3.8) is 0 Å². The molecule has 21 heavy (non-hydrogen) atoms. The monoisotopic (exact) mass is 289 g/mol. The van der Waals surface area contributed by atoms with Crippen LogP contribution in [-0.2, 0) is 6.18 Å². The number of anilines is 1. The van der Waals surface area contributed by atoms with Gasteiger partial charge in [0.2, 0.25) is 0 Å². The third kappa shape index (κ3) is 2.52. The molecule has 0 fully saturated rings. The van der Waals surface area contributed by atoms with Gasteiger partial charge in [-0.1, -0.05) is 18.2 Å². The van der Waals surface area contributed by atoms with E-state index in [2.05, 4.69) is 9.97 Å². The number of pyridine rings is 2. The topological polar surface area (TPSA) is 51.8 Å². The number of nitrogen functional groups attached to an aromatic ring is 1. The smallest absolute Gasteiger partial charge is 0.384 e. The number of nitrogens with zero attached hydrogens (tertiary/aromatic N) is 2. The zero-order valence-corrected chi connectivity index (χ0v) is 10.7. The molecule has 3 aromatic rings. The summed E-state index contributed by atoms with van der Waals surface area (Å²) in [6.07, 6.45) is -1.23. The molecule has 0 saturated heterocycles. The highest BCUT2D eigenvalue weighted by Gasteiger charge is 2.31. The van der Waals surface area contributed by atoms with E-state index in [-0.39, 0.29) is 11.5 Å². The van der Waals surface area contributed by atoms with Gasteiger partial charge in [-0.05, 0) is 23.6 Å². The number of hydrogen-bond acceptors (Lipinski definition) is 3. The van der Waals surface area contributed by atoms with Crippen molar-refractivity contribution in [2.24, 2.45) is 0 Å². The van der Waals surface area contributed by atoms with Crippen molar-refractivity contribution in [1.29, 1.82) is 0 Å². The predicted octanol–water partition coefficient (Wildman–Crippen LogP) is 3.90. The molecule has 0 unspecified atom stereocenters. The first-order valence-electron chi connectivity index (χ1n) is 6.13. The summed E-state index contributed by atoms with van der Waals surface area (Å²) in [6.45, 7) is 0. The van der Waals surface area contributed by atoms with Gasteiger partial charge in [-0.3, -0.25) is 4.98 Å². The second kappa shape index (κ2) is 4.73. The summed E-state index contributed by atoms with van der Waals surface area (Å²) in [4.78, 5) is 8.02. The molecule has 2 heterocycles. The predicted molar refractivity (Wildman–Crippen MR) is 74.4 cm³/mol. The first-order valence-corrected chi connectivity index (χ1v) is 6.13. The summed E-state index contributed by atoms with van der Waals surface area (Å²) in [7, 11) is 0. The maximum atomic E-state index is 12.9. The van der Waals surface area contributed by atoms with E-state index >= 15 is 0 Å². The van der Waals surface area contributed by atoms with Gasteiger partial charge in [-0.25, -0.2) is 4.98 Å². The van der Waals surface area contributed by atoms with E-state index < -0.39 is 11.7 Å². The zero-order chi connectivity index (χ0) is 15.0. The Bertz CT molecular complexity index is 807. The Balaban J connectivity index is 2.26. The SMILES string of the molecule is Nc1cc(C(F)(F)F)cc(-c2cccc3cnccc23)n1. The Labute approximate surface area is 118 Å². The Morgan fingerprint density at radius 2 is 1.86 bits per heavy atom. The summed E-state index contributed by atoms with van der Waals surface area (Å²) in [6, 6.07) is 8.87. The molecule has 0 aliphatic rings. The van der Waals surface area contributed by atoms with Crippen molar-refractivity contribution in [2.75, 3.05) is 5.73 Å². The number of fused-ring (bicyclic) bond motifs is 1. The molecule has 3 rings (SSSR count). The van der Waals surface area contributed by atoms with Crippen LogP contribution in [0.1, 0.15) is 5.56 Å². The van der Waals surface area contributed by atoms with Crippen LogP contribution in [0.3, 0.4) is 0 Å². The Morgan fingerprint density at radius 1 is 1.05 bits per heavy atom. The lowest BCUT2D eigenvalue weighted by atomic mass is 10.0. The molecule has 0 radical (unpaired) electrons. The van der Waals surface area contributed by atoms with Crippen LogP contribution in [0.2, 0.25) is 0 Å². The van der Waals surface area contributed by atoms with E-state index in [1.165, 1.54) is 0 Å². The van der Waals surface area contributed by atoms with E-state index in [4.69, 9.17) is 5.73 Å². The molecular weight excluding hydrogens is 279 g/mol. The van der Waals surface area contributed by atoms with Crippen LogP contribution in [0.25, 0.3) is 22.0 Å². The minimum absolute atomic E-state index is 0.161. The molecule has 1 aromatic carbocycles. The number of alkyl halides is 3. The Hall–Kier alpha value is -2.63. The Kier molecular flexibility index (Phi) is 3.01. The molecule has 0 amide bonds. The quantitative estimate of drug-likeness (QED) is 0.739. The Morgan fingerprint density at radius 3 is 2.62 bits per heavy atom. The molecule has 0 spiro atoms. The van der Waals surface area contributed by atoms with Gasteiger partial charge in [0.25, 0.3) is 0 Å². The van der Waals surface area contributed by atoms with Gasteiger partial charge in [0.05, 0.1) is 11.3 Å². The van der Waals surface area contributed by atoms with Crippen LogP contribution in [0.15, 0.2) is 48.8 Å². The fourth-order valence-corrected chi connectivity index (χ4v) is 2.20. The van der Waals surface area contributed by atoms with E-state index in [9.17, 15) is 13.2 Å². The van der Waals surface area contributed by atoms with Crippen molar-refractivity contribution < 1.29 is 13.2 Å². The first-order chi connectivity index (χ1) is 9.95. The third-order valence-corrected chi connectivity index (χ3v) is 3.13. The lowest BCUT2D eigenvalue weighted by Gasteiger charge is -2.11. The highest BCUT2D eigenvalue weighted by molar-refractivity contribution is 5.95. The van der Waals surface area contributed by atoms with Crippen molar-refractivity contribution in [1.82, 2.24) is 9.97 Å². The molecule has 106 valence electrons. The van der Waals surface area contributed by atoms with Crippen LogP contribution < -0.4 is 5.73 Å². The van der Waals surface area contributed by atoms with Gasteiger partial charge in [0.1, 0.15) is 5.82 Å². The normalized spacial score (nSPS) is 11.8. The average molecular weight is 289 g/mol. The fraction of sp³-hybridized carbons (Fsp3) is 0.0667. The molecule has 0 atom stereocenters. The maximum Gasteiger partial charge on any atom is 0.416 e. The average Bonchev–Trinajstić information content (AvgIpc) is 2.45. The van der Waals surface area contributed by atoms with Gasteiger partial charge in [-0.2, -0.15) is 13.2 Å². The molecule has 2 aromatic heterocycles. The summed E-state index contributed by atoms with van der Waals surface area (Å²) in [5.74, 6) is -0.161. The van der Waals surface area contributed by atoms with E-state index in [1.807, 2.05) is 6.07 Å². The standard InChI is InChI=1S/C15H10F3N3/c16-15(17,18)10-6-13(21-14(19)7-10)12-3-1-2-9-8-20-5-4-11(9)12/h1-8H,(H2,19,21). The molecular formula is C15H10F3N3. The summed E-state index contributed by atoms with van der Waals surface area (Å²) < 4.78 is 38.7. The fourth-order valence-electron chi connectivity index (χ4n) is 2.20. The second-order valence-corrected chi connectivity index (χ2v) is 4.57. The van der Waals surface area contributed by atoms with Crippen LogP contribution in [-0.4, -0.2) is 9.97 Å². The largest absolute Gasteiger partial charge is 0.416 e. The van der Waals surface area contributed by atoms with Crippen molar-refractivity contribution >= 4 is 16.6 Å². The molecule has 0 aliphatic carbocycles. The molecule has 2 N–H and O–H groups in total. The van der Waals surface area contributed by atoms with Crippen LogP contribution in [0.4, 0.5) is 19.0 Å². The van der Waals surface area contributed by atoms with Gasteiger partial charge in [-0.15, -0.1) is 0 Å². The number of benzene rings is 1. The van der Waals surface area contributed by atoms with Crippen molar-refractivity contribution in [3.8, 4) is 11.3 Å². The summed E-state index contributed by atoms with van der Waals surface area (Å²) >= 11 is 0. The number of nitrogens with two attached hydrogens (primary N) is 1. The zero-order valence-electron chi connectivity index (χ0n) is 10.7. The third-order valence-electron chi connectivity index (χ3n) is 3.13. The summed E-state index contributed by atoms with van der Waals surface area (Å²) in [5, 5.41) is 1.60. The van der Waals surface area contributed by atoms with Crippen LogP contribution >= 0.6 is 0 Å². The lowest BCUT2D eigenvalue weighted by molar-refractivity contribution is -0.137. The van der Waals surface area contributed by atoms with Crippen LogP contribution in [0.5, 0.6) is 0 Å². The van der Waals surface area contributed by atoms with Crippen LogP contribution in [0, 0.1) is 0 Å². The van der Waals surface area contributed by atoms with Gasteiger partial charge in [0.15, 0.2) is 0 Å². The van der Waals surface area contributed by atoms with Gasteiger partial charge < -0.3 is 5.73 Å². The lowest BCUT2D eigenvalue weighted by Crippen LogP contribution is -2.07. The number of aromatic nitrogens is 2. The highest BCUT2D eigenvalue weighted by Crippen LogP contribution is 2.34. The molecule has 0 aliphatic heterocycles. The first kappa shape index (κ1) is 13.4. The maximum absolute atomic E-state index is 12.9. The minimum atomic E-state index is -4.46. The number of rotatable bonds is 1. The van der Waals surface area contributed by atoms with Crippen molar-refractivity contribution in [2.45, 2.75) is 6.18 Å². The minimum Gasteiger partial charge on any atom is -0.384 e. The van der Waals surface area contributed by atoms with Gasteiger partial charge in [0, 0.05) is 23.3 Å².